The lowest BCUT2D eigenvalue weighted by Gasteiger charge is -2.14. The summed E-state index contributed by atoms with van der Waals surface area (Å²) in [6, 6.07) is 3.56. The van der Waals surface area contributed by atoms with E-state index < -0.39 is 0 Å². The minimum atomic E-state index is -0.354. The third kappa shape index (κ3) is 2.44. The van der Waals surface area contributed by atoms with Gasteiger partial charge >= 0.3 is 0 Å². The summed E-state index contributed by atoms with van der Waals surface area (Å²) < 4.78 is 10.2. The Kier molecular flexibility index (Phi) is 2.32. The number of furan rings is 1. The van der Waals surface area contributed by atoms with E-state index >= 15 is 0 Å². The largest absolute Gasteiger partial charge is 0.461 e. The Hall–Kier alpha value is -1.62. The zero-order chi connectivity index (χ0) is 10.9. The Labute approximate surface area is 87.3 Å². The van der Waals surface area contributed by atoms with Crippen LogP contribution in [-0.4, -0.2) is 15.7 Å². The van der Waals surface area contributed by atoms with Gasteiger partial charge in [0.15, 0.2) is 5.76 Å². The lowest BCUT2D eigenvalue weighted by Crippen LogP contribution is -2.34. The van der Waals surface area contributed by atoms with Crippen LogP contribution < -0.4 is 5.73 Å². The van der Waals surface area contributed by atoms with Gasteiger partial charge in [0.2, 0.25) is 11.7 Å². The van der Waals surface area contributed by atoms with Crippen LogP contribution in [0.1, 0.15) is 19.7 Å². The van der Waals surface area contributed by atoms with Crippen LogP contribution >= 0.6 is 0 Å². The molecular formula is C10H13N3O2. The van der Waals surface area contributed by atoms with Crippen LogP contribution in [-0.2, 0) is 6.42 Å². The normalized spacial score (nSPS) is 11.9. The van der Waals surface area contributed by atoms with Crippen LogP contribution in [0.5, 0.6) is 0 Å². The van der Waals surface area contributed by atoms with Gasteiger partial charge < -0.3 is 14.7 Å². The van der Waals surface area contributed by atoms with Crippen molar-refractivity contribution in [1.29, 1.82) is 0 Å². The molecule has 0 saturated carbocycles. The van der Waals surface area contributed by atoms with Crippen molar-refractivity contribution in [1.82, 2.24) is 10.1 Å². The highest BCUT2D eigenvalue weighted by atomic mass is 16.5. The zero-order valence-electron chi connectivity index (χ0n) is 8.73. The van der Waals surface area contributed by atoms with Gasteiger partial charge in [-0.1, -0.05) is 5.16 Å². The van der Waals surface area contributed by atoms with Gasteiger partial charge in [-0.2, -0.15) is 4.98 Å². The van der Waals surface area contributed by atoms with E-state index in [1.54, 1.807) is 18.4 Å². The lowest BCUT2D eigenvalue weighted by atomic mass is 10.0. The van der Waals surface area contributed by atoms with Crippen molar-refractivity contribution in [2.75, 3.05) is 0 Å². The molecule has 0 amide bonds. The van der Waals surface area contributed by atoms with Crippen LogP contribution in [0, 0.1) is 0 Å². The third-order valence-electron chi connectivity index (χ3n) is 1.82. The Balaban J connectivity index is 2.18. The molecular weight excluding hydrogens is 194 g/mol. The molecule has 2 N–H and O–H groups in total. The van der Waals surface area contributed by atoms with Gasteiger partial charge in [0.1, 0.15) is 0 Å². The average Bonchev–Trinajstić information content (AvgIpc) is 2.68. The van der Waals surface area contributed by atoms with E-state index in [4.69, 9.17) is 14.7 Å². The van der Waals surface area contributed by atoms with Gasteiger partial charge in [-0.3, -0.25) is 0 Å². The fourth-order valence-electron chi connectivity index (χ4n) is 1.22. The Morgan fingerprint density at radius 1 is 1.47 bits per heavy atom. The first-order chi connectivity index (χ1) is 7.04. The fourth-order valence-corrected chi connectivity index (χ4v) is 1.22. The molecule has 2 aromatic heterocycles. The second kappa shape index (κ2) is 3.51. The van der Waals surface area contributed by atoms with Crippen molar-refractivity contribution in [2.24, 2.45) is 5.73 Å². The van der Waals surface area contributed by atoms with Crippen LogP contribution in [0.15, 0.2) is 27.3 Å². The molecule has 80 valence electrons. The van der Waals surface area contributed by atoms with Gasteiger partial charge in [0.25, 0.3) is 0 Å². The summed E-state index contributed by atoms with van der Waals surface area (Å²) in [5, 5.41) is 3.81. The minimum absolute atomic E-state index is 0.354. The fraction of sp³-hybridized carbons (Fsp3) is 0.400. The summed E-state index contributed by atoms with van der Waals surface area (Å²) >= 11 is 0. The van der Waals surface area contributed by atoms with E-state index in [0.717, 1.165) is 0 Å². The molecule has 2 rings (SSSR count). The number of aromatic nitrogens is 2. The molecule has 5 nitrogen and oxygen atoms in total. The van der Waals surface area contributed by atoms with E-state index in [-0.39, 0.29) is 5.54 Å². The minimum Gasteiger partial charge on any atom is -0.461 e. The Morgan fingerprint density at radius 2 is 2.27 bits per heavy atom. The first-order valence-corrected chi connectivity index (χ1v) is 4.70. The molecule has 0 unspecified atom stereocenters. The Bertz CT molecular complexity index is 426. The summed E-state index contributed by atoms with van der Waals surface area (Å²) in [4.78, 5) is 4.19. The molecule has 15 heavy (non-hydrogen) atoms. The summed E-state index contributed by atoms with van der Waals surface area (Å²) in [6.45, 7) is 3.81. The van der Waals surface area contributed by atoms with Crippen molar-refractivity contribution in [3.8, 4) is 11.6 Å². The van der Waals surface area contributed by atoms with E-state index in [1.165, 1.54) is 0 Å². The van der Waals surface area contributed by atoms with Crippen LogP contribution in [0.2, 0.25) is 0 Å². The number of hydrogen-bond acceptors (Lipinski definition) is 5. The molecule has 0 aliphatic carbocycles. The van der Waals surface area contributed by atoms with Gasteiger partial charge in [-0.15, -0.1) is 0 Å². The first-order valence-electron chi connectivity index (χ1n) is 4.70. The molecule has 0 aliphatic rings. The van der Waals surface area contributed by atoms with E-state index in [0.29, 0.717) is 23.9 Å². The van der Waals surface area contributed by atoms with Crippen molar-refractivity contribution in [3.05, 3.63) is 24.3 Å². The van der Waals surface area contributed by atoms with Crippen molar-refractivity contribution in [2.45, 2.75) is 25.8 Å². The second-order valence-corrected chi connectivity index (χ2v) is 4.15. The quantitative estimate of drug-likeness (QED) is 0.827. The average molecular weight is 207 g/mol. The first kappa shape index (κ1) is 9.92. The van der Waals surface area contributed by atoms with Crippen molar-refractivity contribution >= 4 is 0 Å². The molecule has 0 spiro atoms. The monoisotopic (exact) mass is 207 g/mol. The predicted molar refractivity (Wildman–Crippen MR) is 54.0 cm³/mol. The molecule has 0 atom stereocenters. The summed E-state index contributed by atoms with van der Waals surface area (Å²) in [7, 11) is 0. The molecule has 0 fully saturated rings. The maximum atomic E-state index is 5.84. The van der Waals surface area contributed by atoms with Crippen LogP contribution in [0.25, 0.3) is 11.6 Å². The molecule has 0 bridgehead atoms. The SMILES string of the molecule is CC(C)(N)Cc1nc(-c2ccco2)no1. The molecule has 0 aliphatic heterocycles. The van der Waals surface area contributed by atoms with Gasteiger partial charge in [0.05, 0.1) is 6.26 Å². The zero-order valence-corrected chi connectivity index (χ0v) is 8.73. The predicted octanol–water partition coefficient (Wildman–Crippen LogP) is 1.61. The molecule has 0 radical (unpaired) electrons. The number of rotatable bonds is 3. The van der Waals surface area contributed by atoms with E-state index in [2.05, 4.69) is 10.1 Å². The highest BCUT2D eigenvalue weighted by molar-refractivity contribution is 5.44. The van der Waals surface area contributed by atoms with Gasteiger partial charge in [-0.05, 0) is 26.0 Å². The van der Waals surface area contributed by atoms with Gasteiger partial charge in [0, 0.05) is 12.0 Å². The summed E-state index contributed by atoms with van der Waals surface area (Å²) in [5.74, 6) is 1.58. The van der Waals surface area contributed by atoms with E-state index in [1.807, 2.05) is 13.8 Å². The lowest BCUT2D eigenvalue weighted by molar-refractivity contribution is 0.348. The number of nitrogens with two attached hydrogens (primary N) is 1. The number of hydrogen-bond donors (Lipinski definition) is 1. The summed E-state index contributed by atoms with van der Waals surface area (Å²) in [6.07, 6.45) is 2.11. The smallest absolute Gasteiger partial charge is 0.238 e. The van der Waals surface area contributed by atoms with Gasteiger partial charge in [-0.25, -0.2) is 0 Å². The standard InChI is InChI=1S/C10H13N3O2/c1-10(2,11)6-8-12-9(13-15-8)7-4-3-5-14-7/h3-5H,6,11H2,1-2H3. The second-order valence-electron chi connectivity index (χ2n) is 4.15. The highest BCUT2D eigenvalue weighted by Gasteiger charge is 2.18. The maximum Gasteiger partial charge on any atom is 0.238 e. The van der Waals surface area contributed by atoms with Crippen molar-refractivity contribution < 1.29 is 8.94 Å². The van der Waals surface area contributed by atoms with E-state index in [9.17, 15) is 0 Å². The van der Waals surface area contributed by atoms with Crippen molar-refractivity contribution in [3.63, 3.8) is 0 Å². The molecule has 2 heterocycles. The number of nitrogens with zero attached hydrogens (tertiary/aromatic N) is 2. The van der Waals surface area contributed by atoms with Crippen LogP contribution in [0.3, 0.4) is 0 Å². The highest BCUT2D eigenvalue weighted by Crippen LogP contribution is 2.17. The maximum absolute atomic E-state index is 5.84. The molecule has 0 aromatic carbocycles. The molecule has 0 saturated heterocycles. The third-order valence-corrected chi connectivity index (χ3v) is 1.82. The van der Waals surface area contributed by atoms with Crippen LogP contribution in [0.4, 0.5) is 0 Å². The molecule has 2 aromatic rings. The Morgan fingerprint density at radius 3 is 2.87 bits per heavy atom. The summed E-state index contributed by atoms with van der Waals surface area (Å²) in [5.41, 5.74) is 5.49. The topological polar surface area (TPSA) is 78.1 Å². The molecule has 5 heteroatoms.